The molecular weight excluding hydrogens is 300 g/mol. The first kappa shape index (κ1) is 14.5. The van der Waals surface area contributed by atoms with Crippen LogP contribution in [0.15, 0.2) is 75.9 Å². The maximum absolute atomic E-state index is 12.5. The van der Waals surface area contributed by atoms with Gasteiger partial charge in [0.15, 0.2) is 0 Å². The summed E-state index contributed by atoms with van der Waals surface area (Å²) in [6.07, 6.45) is 0. The van der Waals surface area contributed by atoms with Gasteiger partial charge in [0.1, 0.15) is 11.3 Å². The van der Waals surface area contributed by atoms with Crippen LogP contribution >= 0.6 is 0 Å². The third-order valence-corrected chi connectivity index (χ3v) is 4.54. The van der Waals surface area contributed by atoms with Gasteiger partial charge < -0.3 is 9.52 Å². The third-order valence-electron chi connectivity index (χ3n) is 4.54. The molecule has 0 fully saturated rings. The van der Waals surface area contributed by atoms with Crippen LogP contribution in [0.4, 0.5) is 0 Å². The molecule has 0 saturated heterocycles. The molecule has 4 rings (SSSR count). The van der Waals surface area contributed by atoms with Gasteiger partial charge in [-0.2, -0.15) is 0 Å². The highest BCUT2D eigenvalue weighted by atomic mass is 16.4. The van der Waals surface area contributed by atoms with Crippen molar-refractivity contribution in [3.05, 3.63) is 88.3 Å². The molecule has 3 heteroatoms. The quantitative estimate of drug-likeness (QED) is 0.540. The summed E-state index contributed by atoms with van der Waals surface area (Å²) >= 11 is 0. The Morgan fingerprint density at radius 3 is 2.38 bits per heavy atom. The number of aromatic hydroxyl groups is 1. The van der Waals surface area contributed by atoms with E-state index >= 15 is 0 Å². The van der Waals surface area contributed by atoms with Crippen LogP contribution in [0.3, 0.4) is 0 Å². The Hall–Kier alpha value is -3.07. The Labute approximate surface area is 138 Å². The summed E-state index contributed by atoms with van der Waals surface area (Å²) in [5.41, 5.74) is 1.19. The highest BCUT2D eigenvalue weighted by molar-refractivity contribution is 5.88. The first-order valence-corrected chi connectivity index (χ1v) is 7.89. The lowest BCUT2D eigenvalue weighted by Gasteiger charge is -2.16. The molecule has 0 radical (unpaired) electrons. The Bertz CT molecular complexity index is 1100. The monoisotopic (exact) mass is 316 g/mol. The smallest absolute Gasteiger partial charge is 0.343 e. The molecule has 1 atom stereocenters. The van der Waals surface area contributed by atoms with Crippen molar-refractivity contribution < 1.29 is 9.52 Å². The number of rotatable bonds is 2. The van der Waals surface area contributed by atoms with E-state index in [0.29, 0.717) is 16.5 Å². The third kappa shape index (κ3) is 2.17. The number of para-hydroxylation sites is 1. The van der Waals surface area contributed by atoms with Crippen LogP contribution in [-0.2, 0) is 0 Å². The van der Waals surface area contributed by atoms with Gasteiger partial charge in [-0.3, -0.25) is 0 Å². The first-order chi connectivity index (χ1) is 11.7. The summed E-state index contributed by atoms with van der Waals surface area (Å²) in [6.45, 7) is 1.92. The van der Waals surface area contributed by atoms with E-state index < -0.39 is 5.63 Å². The van der Waals surface area contributed by atoms with E-state index in [1.807, 2.05) is 55.5 Å². The molecule has 0 aliphatic carbocycles. The summed E-state index contributed by atoms with van der Waals surface area (Å²) in [6, 6.07) is 21.0. The van der Waals surface area contributed by atoms with Crippen LogP contribution in [0.2, 0.25) is 0 Å². The van der Waals surface area contributed by atoms with E-state index in [4.69, 9.17) is 4.42 Å². The van der Waals surface area contributed by atoms with Gasteiger partial charge in [-0.05, 0) is 28.5 Å². The molecule has 24 heavy (non-hydrogen) atoms. The summed E-state index contributed by atoms with van der Waals surface area (Å²) in [4.78, 5) is 12.5. The zero-order valence-electron chi connectivity index (χ0n) is 13.2. The molecule has 0 aliphatic rings. The topological polar surface area (TPSA) is 50.4 Å². The van der Waals surface area contributed by atoms with Crippen LogP contribution in [0.1, 0.15) is 24.0 Å². The van der Waals surface area contributed by atoms with Crippen molar-refractivity contribution in [2.24, 2.45) is 0 Å². The lowest BCUT2D eigenvalue weighted by Crippen LogP contribution is -2.12. The SMILES string of the molecule is CC(c1c(O)c2ccccc2oc1=O)c1cccc2ccccc12. The van der Waals surface area contributed by atoms with Crippen LogP contribution in [0, 0.1) is 0 Å². The van der Waals surface area contributed by atoms with Crippen LogP contribution in [0.5, 0.6) is 5.75 Å². The lowest BCUT2D eigenvalue weighted by atomic mass is 9.89. The molecule has 3 aromatic carbocycles. The second-order valence-electron chi connectivity index (χ2n) is 5.94. The molecule has 1 aromatic heterocycles. The Morgan fingerprint density at radius 1 is 0.875 bits per heavy atom. The number of benzene rings is 3. The van der Waals surface area contributed by atoms with Gasteiger partial charge in [0.25, 0.3) is 0 Å². The fourth-order valence-electron chi connectivity index (χ4n) is 3.31. The fourth-order valence-corrected chi connectivity index (χ4v) is 3.31. The molecule has 1 N–H and O–H groups in total. The van der Waals surface area contributed by atoms with E-state index in [0.717, 1.165) is 16.3 Å². The molecule has 0 spiro atoms. The van der Waals surface area contributed by atoms with E-state index in [9.17, 15) is 9.90 Å². The Morgan fingerprint density at radius 2 is 1.54 bits per heavy atom. The van der Waals surface area contributed by atoms with Gasteiger partial charge in [0.2, 0.25) is 0 Å². The first-order valence-electron chi connectivity index (χ1n) is 7.89. The van der Waals surface area contributed by atoms with Crippen molar-refractivity contribution in [2.45, 2.75) is 12.8 Å². The zero-order chi connectivity index (χ0) is 16.7. The van der Waals surface area contributed by atoms with Crippen LogP contribution < -0.4 is 5.63 Å². The van der Waals surface area contributed by atoms with Crippen molar-refractivity contribution in [1.82, 2.24) is 0 Å². The molecule has 118 valence electrons. The second-order valence-corrected chi connectivity index (χ2v) is 5.94. The highest BCUT2D eigenvalue weighted by Crippen LogP contribution is 2.36. The second kappa shape index (κ2) is 5.53. The molecule has 4 aromatic rings. The standard InChI is InChI=1S/C21H16O3/c1-13(15-11-6-8-14-7-2-3-9-16(14)15)19-20(22)17-10-4-5-12-18(17)24-21(19)23/h2-13,22H,1H3. The van der Waals surface area contributed by atoms with Gasteiger partial charge in [0, 0.05) is 5.92 Å². The molecule has 0 bridgehead atoms. The number of hydrogen-bond donors (Lipinski definition) is 1. The largest absolute Gasteiger partial charge is 0.507 e. The summed E-state index contributed by atoms with van der Waals surface area (Å²) in [7, 11) is 0. The lowest BCUT2D eigenvalue weighted by molar-refractivity contribution is 0.454. The average Bonchev–Trinajstić information content (AvgIpc) is 2.61. The maximum atomic E-state index is 12.5. The maximum Gasteiger partial charge on any atom is 0.343 e. The van der Waals surface area contributed by atoms with E-state index in [1.54, 1.807) is 18.2 Å². The average molecular weight is 316 g/mol. The summed E-state index contributed by atoms with van der Waals surface area (Å²) in [5.74, 6) is -0.278. The molecule has 0 aliphatic heterocycles. The van der Waals surface area contributed by atoms with E-state index in [-0.39, 0.29) is 11.7 Å². The van der Waals surface area contributed by atoms with Crippen LogP contribution in [-0.4, -0.2) is 5.11 Å². The molecular formula is C21H16O3. The van der Waals surface area contributed by atoms with Crippen LogP contribution in [0.25, 0.3) is 21.7 Å². The van der Waals surface area contributed by atoms with Crippen molar-refractivity contribution in [2.75, 3.05) is 0 Å². The van der Waals surface area contributed by atoms with Gasteiger partial charge in [-0.15, -0.1) is 0 Å². The zero-order valence-corrected chi connectivity index (χ0v) is 13.2. The highest BCUT2D eigenvalue weighted by Gasteiger charge is 2.22. The number of fused-ring (bicyclic) bond motifs is 2. The van der Waals surface area contributed by atoms with Crippen molar-refractivity contribution in [3.63, 3.8) is 0 Å². The molecule has 0 saturated carbocycles. The van der Waals surface area contributed by atoms with Gasteiger partial charge in [0.05, 0.1) is 10.9 Å². The molecule has 0 amide bonds. The Balaban J connectivity index is 1.98. The normalized spacial score (nSPS) is 12.5. The predicted molar refractivity (Wildman–Crippen MR) is 95.6 cm³/mol. The van der Waals surface area contributed by atoms with Gasteiger partial charge in [-0.1, -0.05) is 61.5 Å². The molecule has 1 unspecified atom stereocenters. The Kier molecular flexibility index (Phi) is 3.35. The minimum atomic E-state index is -0.494. The van der Waals surface area contributed by atoms with Gasteiger partial charge in [-0.25, -0.2) is 4.79 Å². The number of hydrogen-bond acceptors (Lipinski definition) is 3. The minimum Gasteiger partial charge on any atom is -0.507 e. The van der Waals surface area contributed by atoms with Gasteiger partial charge >= 0.3 is 5.63 Å². The van der Waals surface area contributed by atoms with E-state index in [1.165, 1.54) is 0 Å². The predicted octanol–water partition coefficient (Wildman–Crippen LogP) is 4.80. The van der Waals surface area contributed by atoms with E-state index in [2.05, 4.69) is 0 Å². The van der Waals surface area contributed by atoms with Crippen molar-refractivity contribution in [1.29, 1.82) is 0 Å². The molecule has 1 heterocycles. The molecule has 3 nitrogen and oxygen atoms in total. The van der Waals surface area contributed by atoms with Crippen molar-refractivity contribution in [3.8, 4) is 5.75 Å². The summed E-state index contributed by atoms with van der Waals surface area (Å²) in [5, 5.41) is 13.4. The van der Waals surface area contributed by atoms with Crippen molar-refractivity contribution >= 4 is 21.7 Å². The minimum absolute atomic E-state index is 0.00211. The fraction of sp³-hybridized carbons (Fsp3) is 0.0952. The summed E-state index contributed by atoms with van der Waals surface area (Å²) < 4.78 is 5.41.